The fraction of sp³-hybridized carbons (Fsp3) is 0.407. The Hall–Kier alpha value is -3.04. The van der Waals surface area contributed by atoms with Crippen LogP contribution in [-0.4, -0.2) is 59.1 Å². The molecule has 196 valence electrons. The Kier molecular flexibility index (Phi) is 8.76. The third kappa shape index (κ3) is 5.78. The predicted molar refractivity (Wildman–Crippen MR) is 144 cm³/mol. The summed E-state index contributed by atoms with van der Waals surface area (Å²) in [7, 11) is 0. The van der Waals surface area contributed by atoms with Crippen LogP contribution in [-0.2, 0) is 23.9 Å². The quantitative estimate of drug-likeness (QED) is 0.342. The first-order valence-electron chi connectivity index (χ1n) is 12.3. The van der Waals surface area contributed by atoms with Crippen molar-refractivity contribution in [1.29, 1.82) is 0 Å². The van der Waals surface area contributed by atoms with Crippen LogP contribution in [0, 0.1) is 5.92 Å². The van der Waals surface area contributed by atoms with Crippen molar-refractivity contribution in [2.45, 2.75) is 39.2 Å². The van der Waals surface area contributed by atoms with E-state index < -0.39 is 12.0 Å². The smallest absolute Gasteiger partial charge is 0.338 e. The summed E-state index contributed by atoms with van der Waals surface area (Å²) in [5.74, 6) is -1.18. The molecule has 1 aromatic carbocycles. The summed E-state index contributed by atoms with van der Waals surface area (Å²) in [5, 5.41) is 3.04. The lowest BCUT2D eigenvalue weighted by molar-refractivity contribution is -0.151. The molecule has 3 aliphatic heterocycles. The van der Waals surface area contributed by atoms with Gasteiger partial charge in [-0.1, -0.05) is 54.2 Å². The summed E-state index contributed by atoms with van der Waals surface area (Å²) in [5.41, 5.74) is 2.31. The molecule has 1 fully saturated rings. The summed E-state index contributed by atoms with van der Waals surface area (Å²) >= 11 is 8.01. The fourth-order valence-corrected chi connectivity index (χ4v) is 5.96. The molecule has 0 N–H and O–H groups in total. The number of hydrogen-bond acceptors (Lipinski definition) is 8. The van der Waals surface area contributed by atoms with Crippen molar-refractivity contribution >= 4 is 46.4 Å². The highest BCUT2D eigenvalue weighted by Crippen LogP contribution is 2.46. The van der Waals surface area contributed by atoms with Gasteiger partial charge in [-0.2, -0.15) is 0 Å². The zero-order chi connectivity index (χ0) is 26.5. The van der Waals surface area contributed by atoms with E-state index in [4.69, 9.17) is 21.1 Å². The molecule has 8 nitrogen and oxygen atoms in total. The van der Waals surface area contributed by atoms with Crippen molar-refractivity contribution in [3.8, 4) is 0 Å². The maximum Gasteiger partial charge on any atom is 0.338 e. The largest absolute Gasteiger partial charge is 0.466 e. The maximum absolute atomic E-state index is 13.4. The molecular weight excluding hydrogens is 514 g/mol. The van der Waals surface area contributed by atoms with E-state index in [0.717, 1.165) is 6.42 Å². The Morgan fingerprint density at radius 3 is 2.78 bits per heavy atom. The highest BCUT2D eigenvalue weighted by molar-refractivity contribution is 8.16. The van der Waals surface area contributed by atoms with Crippen molar-refractivity contribution in [1.82, 2.24) is 9.80 Å². The Labute approximate surface area is 226 Å². The monoisotopic (exact) mass is 543 g/mol. The first-order chi connectivity index (χ1) is 17.8. The third-order valence-electron chi connectivity index (χ3n) is 6.48. The lowest BCUT2D eigenvalue weighted by Gasteiger charge is -2.37. The van der Waals surface area contributed by atoms with E-state index in [1.807, 2.05) is 28.5 Å². The minimum atomic E-state index is -0.610. The van der Waals surface area contributed by atoms with Gasteiger partial charge in [0.1, 0.15) is 6.61 Å². The van der Waals surface area contributed by atoms with Crippen LogP contribution in [0.25, 0.3) is 0 Å². The first-order valence-corrected chi connectivity index (χ1v) is 13.5. The number of benzene rings is 1. The van der Waals surface area contributed by atoms with Gasteiger partial charge in [-0.05, 0) is 43.7 Å². The summed E-state index contributed by atoms with van der Waals surface area (Å²) < 4.78 is 10.6. The number of piperidine rings is 1. The van der Waals surface area contributed by atoms with Crippen molar-refractivity contribution in [3.05, 3.63) is 69.9 Å². The number of likely N-dealkylation sites (tertiary alicyclic amines) is 1. The van der Waals surface area contributed by atoms with Crippen molar-refractivity contribution in [2.75, 3.05) is 26.3 Å². The molecule has 1 amide bonds. The molecule has 37 heavy (non-hydrogen) atoms. The Morgan fingerprint density at radius 2 is 2.05 bits per heavy atom. The maximum atomic E-state index is 13.4. The van der Waals surface area contributed by atoms with E-state index in [2.05, 4.69) is 11.6 Å². The molecule has 3 heterocycles. The number of thioether (sulfide) groups is 1. The average Bonchev–Trinajstić information content (AvgIpc) is 3.28. The summed E-state index contributed by atoms with van der Waals surface area (Å²) in [4.78, 5) is 47.1. The summed E-state index contributed by atoms with van der Waals surface area (Å²) in [6.45, 7) is 8.47. The molecule has 3 aliphatic rings. The molecule has 0 spiro atoms. The molecule has 2 atom stereocenters. The number of carbonyl (C=O) groups is 3. The number of esters is 2. The molecule has 2 unspecified atom stereocenters. The van der Waals surface area contributed by atoms with E-state index in [9.17, 15) is 14.4 Å². The number of amides is 1. The van der Waals surface area contributed by atoms with Gasteiger partial charge in [-0.3, -0.25) is 9.59 Å². The number of carbonyl (C=O) groups excluding carboxylic acids is 3. The zero-order valence-corrected chi connectivity index (χ0v) is 22.5. The van der Waals surface area contributed by atoms with Crippen LogP contribution in [0.5, 0.6) is 0 Å². The number of allylic oxidation sites excluding steroid dienone is 1. The second-order valence-corrected chi connectivity index (χ2v) is 10.2. The molecule has 1 saturated heterocycles. The second kappa shape index (κ2) is 12.0. The Bertz CT molecular complexity index is 1190. The minimum Gasteiger partial charge on any atom is -0.466 e. The number of amidine groups is 1. The highest BCUT2D eigenvalue weighted by Gasteiger charge is 2.42. The second-order valence-electron chi connectivity index (χ2n) is 8.91. The Balaban J connectivity index is 1.61. The molecule has 0 aromatic heterocycles. The molecule has 1 aromatic rings. The van der Waals surface area contributed by atoms with Gasteiger partial charge in [0.15, 0.2) is 5.17 Å². The highest BCUT2D eigenvalue weighted by atomic mass is 35.5. The molecule has 4 rings (SSSR count). The van der Waals surface area contributed by atoms with E-state index in [1.165, 1.54) is 17.8 Å². The van der Waals surface area contributed by atoms with Gasteiger partial charge >= 0.3 is 11.9 Å². The third-order valence-corrected chi connectivity index (χ3v) is 7.71. The lowest BCUT2D eigenvalue weighted by Crippen LogP contribution is -2.44. The van der Waals surface area contributed by atoms with E-state index >= 15 is 0 Å². The average molecular weight is 544 g/mol. The number of nitrogens with zero attached hydrogens (tertiary/aromatic N) is 3. The van der Waals surface area contributed by atoms with E-state index in [0.29, 0.717) is 58.8 Å². The number of ether oxygens (including phenoxy) is 2. The molecule has 0 bridgehead atoms. The summed E-state index contributed by atoms with van der Waals surface area (Å²) in [6.07, 6.45) is 3.05. The number of rotatable bonds is 8. The van der Waals surface area contributed by atoms with E-state index in [1.54, 1.807) is 24.8 Å². The predicted octanol–water partition coefficient (Wildman–Crippen LogP) is 4.84. The Morgan fingerprint density at radius 1 is 1.27 bits per heavy atom. The van der Waals surface area contributed by atoms with Crippen molar-refractivity contribution in [3.63, 3.8) is 0 Å². The molecular formula is C27H30ClN3O5S. The van der Waals surface area contributed by atoms with Crippen LogP contribution >= 0.6 is 23.4 Å². The number of fused-ring (bicyclic) bond motifs is 1. The SMILES string of the molecule is C=CCOC(=O)C1=C(C)N=C2SC=C(CC(=O)N3CCCC(C(=O)OCC)C3)N2C1c1ccccc1Cl. The van der Waals surface area contributed by atoms with Crippen molar-refractivity contribution in [2.24, 2.45) is 10.9 Å². The van der Waals surface area contributed by atoms with Crippen LogP contribution in [0.4, 0.5) is 0 Å². The van der Waals surface area contributed by atoms with Gasteiger partial charge in [-0.15, -0.1) is 0 Å². The van der Waals surface area contributed by atoms with Gasteiger partial charge in [-0.25, -0.2) is 9.79 Å². The first kappa shape index (κ1) is 27.0. The van der Waals surface area contributed by atoms with Crippen LogP contribution in [0.2, 0.25) is 5.02 Å². The van der Waals surface area contributed by atoms with Crippen LogP contribution in [0.3, 0.4) is 0 Å². The standard InChI is InChI=1S/C27H30ClN3O5S/c1-4-13-36-26(34)23-17(3)29-27-31(24(23)20-10-6-7-11-21(20)28)19(16-37-27)14-22(32)30-12-8-9-18(15-30)25(33)35-5-2/h4,6-7,10-11,16,18,24H,1,5,8-9,12-15H2,2-3H3. The van der Waals surface area contributed by atoms with Gasteiger partial charge in [0.05, 0.1) is 36.3 Å². The number of hydrogen-bond donors (Lipinski definition) is 0. The van der Waals surface area contributed by atoms with Crippen molar-refractivity contribution < 1.29 is 23.9 Å². The topological polar surface area (TPSA) is 88.5 Å². The van der Waals surface area contributed by atoms with Crippen LogP contribution in [0.15, 0.2) is 64.3 Å². The number of aliphatic imine (C=N–C) groups is 1. The van der Waals surface area contributed by atoms with Gasteiger partial charge in [0, 0.05) is 23.8 Å². The molecule has 0 saturated carbocycles. The normalized spacial score (nSPS) is 21.2. The molecule has 0 aliphatic carbocycles. The van der Waals surface area contributed by atoms with Gasteiger partial charge in [0.25, 0.3) is 0 Å². The summed E-state index contributed by atoms with van der Waals surface area (Å²) in [6, 6.07) is 6.70. The van der Waals surface area contributed by atoms with E-state index in [-0.39, 0.29) is 30.8 Å². The van der Waals surface area contributed by atoms with Gasteiger partial charge in [0.2, 0.25) is 5.91 Å². The van der Waals surface area contributed by atoms with Gasteiger partial charge < -0.3 is 19.3 Å². The minimum absolute atomic E-state index is 0.0634. The van der Waals surface area contributed by atoms with Crippen LogP contribution in [0.1, 0.15) is 44.7 Å². The number of halogens is 1. The molecule has 10 heteroatoms. The molecule has 0 radical (unpaired) electrons. The van der Waals surface area contributed by atoms with Crippen LogP contribution < -0.4 is 0 Å². The zero-order valence-electron chi connectivity index (χ0n) is 20.9. The fourth-order valence-electron chi connectivity index (χ4n) is 4.76. The lowest BCUT2D eigenvalue weighted by atomic mass is 9.93.